The van der Waals surface area contributed by atoms with E-state index in [4.69, 9.17) is 4.42 Å². The Morgan fingerprint density at radius 1 is 1.15 bits per heavy atom. The van der Waals surface area contributed by atoms with Crippen LogP contribution in [0.2, 0.25) is 0 Å². The molecule has 0 aliphatic heterocycles. The van der Waals surface area contributed by atoms with Crippen molar-refractivity contribution in [3.63, 3.8) is 0 Å². The van der Waals surface area contributed by atoms with E-state index in [1.54, 1.807) is 0 Å². The molecule has 1 atom stereocenters. The zero-order chi connectivity index (χ0) is 19.2. The summed E-state index contributed by atoms with van der Waals surface area (Å²) in [6.45, 7) is 4.23. The van der Waals surface area contributed by atoms with Crippen LogP contribution in [0.25, 0.3) is 6.08 Å². The smallest absolute Gasteiger partial charge is 0.401 e. The van der Waals surface area contributed by atoms with Crippen molar-refractivity contribution in [1.82, 2.24) is 5.32 Å². The summed E-state index contributed by atoms with van der Waals surface area (Å²) in [6, 6.07) is 2.85. The molecular weight excluding hydrogens is 332 g/mol. The van der Waals surface area contributed by atoms with E-state index < -0.39 is 4.92 Å². The summed E-state index contributed by atoms with van der Waals surface area (Å²) in [6.07, 6.45) is 15.3. The Bertz CT molecular complexity index is 566. The molecule has 0 bridgehead atoms. The highest BCUT2D eigenvalue weighted by atomic mass is 16.6. The molecule has 0 fully saturated rings. The molecule has 0 aliphatic rings. The predicted molar refractivity (Wildman–Crippen MR) is 104 cm³/mol. The number of furan rings is 1. The van der Waals surface area contributed by atoms with E-state index >= 15 is 0 Å². The first-order valence-electron chi connectivity index (χ1n) is 9.75. The second-order valence-electron chi connectivity index (χ2n) is 6.79. The van der Waals surface area contributed by atoms with Gasteiger partial charge in [-0.05, 0) is 25.5 Å². The summed E-state index contributed by atoms with van der Waals surface area (Å²) in [4.78, 5) is 21.8. The van der Waals surface area contributed by atoms with Crippen LogP contribution in [0.1, 0.15) is 83.8 Å². The number of amides is 1. The lowest BCUT2D eigenvalue weighted by Gasteiger charge is -2.12. The highest BCUT2D eigenvalue weighted by Gasteiger charge is 2.10. The molecule has 0 unspecified atom stereocenters. The second kappa shape index (κ2) is 13.1. The molecule has 0 saturated heterocycles. The van der Waals surface area contributed by atoms with Crippen LogP contribution in [0, 0.1) is 10.1 Å². The lowest BCUT2D eigenvalue weighted by atomic mass is 10.0. The Morgan fingerprint density at radius 2 is 1.77 bits per heavy atom. The largest absolute Gasteiger partial charge is 0.433 e. The van der Waals surface area contributed by atoms with Gasteiger partial charge in [0.25, 0.3) is 0 Å². The summed E-state index contributed by atoms with van der Waals surface area (Å²) in [5.41, 5.74) is 0. The maximum absolute atomic E-state index is 11.9. The third kappa shape index (κ3) is 10.0. The highest BCUT2D eigenvalue weighted by molar-refractivity contribution is 5.91. The van der Waals surface area contributed by atoms with Crippen LogP contribution in [-0.2, 0) is 4.79 Å². The van der Waals surface area contributed by atoms with Gasteiger partial charge in [0.2, 0.25) is 5.91 Å². The zero-order valence-electron chi connectivity index (χ0n) is 16.0. The molecule has 1 amide bonds. The van der Waals surface area contributed by atoms with Gasteiger partial charge in [0.05, 0.1) is 6.07 Å². The molecule has 1 heterocycles. The van der Waals surface area contributed by atoms with Crippen molar-refractivity contribution in [3.8, 4) is 0 Å². The van der Waals surface area contributed by atoms with Crippen LogP contribution in [-0.4, -0.2) is 16.9 Å². The van der Waals surface area contributed by atoms with Crippen LogP contribution in [0.3, 0.4) is 0 Å². The van der Waals surface area contributed by atoms with E-state index in [9.17, 15) is 14.9 Å². The first-order valence-corrected chi connectivity index (χ1v) is 9.75. The van der Waals surface area contributed by atoms with Crippen molar-refractivity contribution in [2.75, 3.05) is 0 Å². The lowest BCUT2D eigenvalue weighted by molar-refractivity contribution is -0.402. The minimum absolute atomic E-state index is 0.114. The average molecular weight is 364 g/mol. The van der Waals surface area contributed by atoms with Crippen LogP contribution in [0.5, 0.6) is 0 Å². The molecule has 1 aromatic rings. The first kappa shape index (κ1) is 21.9. The van der Waals surface area contributed by atoms with Gasteiger partial charge in [-0.15, -0.1) is 0 Å². The zero-order valence-corrected chi connectivity index (χ0v) is 16.0. The fraction of sp³-hybridized carbons (Fsp3) is 0.650. The molecule has 0 saturated carbocycles. The second-order valence-corrected chi connectivity index (χ2v) is 6.79. The number of nitrogens with zero attached hydrogens (tertiary/aromatic N) is 1. The molecule has 0 radical (unpaired) electrons. The normalized spacial score (nSPS) is 12.4. The SMILES string of the molecule is CCCCCCCCCCC[C@@H](C)NC(=O)/C=C/c1ccc([N+](=O)[O-])o1. The maximum Gasteiger partial charge on any atom is 0.433 e. The Balaban J connectivity index is 2.10. The van der Waals surface area contributed by atoms with E-state index in [0.29, 0.717) is 5.76 Å². The maximum atomic E-state index is 11.9. The Kier molecular flexibility index (Phi) is 11.1. The van der Waals surface area contributed by atoms with Crippen molar-refractivity contribution in [2.24, 2.45) is 0 Å². The van der Waals surface area contributed by atoms with Gasteiger partial charge < -0.3 is 9.73 Å². The summed E-state index contributed by atoms with van der Waals surface area (Å²) >= 11 is 0. The molecule has 6 nitrogen and oxygen atoms in total. The Labute approximate surface area is 156 Å². The highest BCUT2D eigenvalue weighted by Crippen LogP contribution is 2.16. The summed E-state index contributed by atoms with van der Waals surface area (Å²) in [7, 11) is 0. The van der Waals surface area contributed by atoms with E-state index in [1.807, 2.05) is 6.92 Å². The van der Waals surface area contributed by atoms with Gasteiger partial charge in [0.1, 0.15) is 10.7 Å². The van der Waals surface area contributed by atoms with Gasteiger partial charge >= 0.3 is 5.88 Å². The van der Waals surface area contributed by atoms with Gasteiger partial charge in [-0.2, -0.15) is 0 Å². The molecular formula is C20H32N2O4. The number of nitro groups is 1. The Morgan fingerprint density at radius 3 is 2.35 bits per heavy atom. The van der Waals surface area contributed by atoms with Crippen molar-refractivity contribution < 1.29 is 14.1 Å². The third-order valence-electron chi connectivity index (χ3n) is 4.32. The van der Waals surface area contributed by atoms with E-state index in [1.165, 1.54) is 75.7 Å². The standard InChI is InChI=1S/C20H32N2O4/c1-3-4-5-6-7-8-9-10-11-12-17(2)21-19(23)15-13-18-14-16-20(26-18)22(24)25/h13-17H,3-12H2,1-2H3,(H,21,23)/b15-13+/t17-/m1/s1. The Hall–Kier alpha value is -2.11. The van der Waals surface area contributed by atoms with Crippen LogP contribution in [0.15, 0.2) is 22.6 Å². The molecule has 26 heavy (non-hydrogen) atoms. The summed E-state index contributed by atoms with van der Waals surface area (Å²) in [5, 5.41) is 13.4. The number of rotatable bonds is 14. The summed E-state index contributed by atoms with van der Waals surface area (Å²) < 4.78 is 4.97. The third-order valence-corrected chi connectivity index (χ3v) is 4.32. The van der Waals surface area contributed by atoms with E-state index in [0.717, 1.165) is 12.8 Å². The molecule has 1 rings (SSSR count). The molecule has 1 N–H and O–H groups in total. The van der Waals surface area contributed by atoms with E-state index in [2.05, 4.69) is 12.2 Å². The molecule has 6 heteroatoms. The van der Waals surface area contributed by atoms with Crippen molar-refractivity contribution in [1.29, 1.82) is 0 Å². The number of nitrogens with one attached hydrogen (secondary N) is 1. The van der Waals surface area contributed by atoms with E-state index in [-0.39, 0.29) is 17.8 Å². The van der Waals surface area contributed by atoms with Crippen molar-refractivity contribution >= 4 is 17.9 Å². The van der Waals surface area contributed by atoms with Gasteiger partial charge in [-0.25, -0.2) is 0 Å². The number of carbonyl (C=O) groups is 1. The molecule has 146 valence electrons. The quantitative estimate of drug-likeness (QED) is 0.201. The van der Waals surface area contributed by atoms with Gasteiger partial charge in [-0.3, -0.25) is 14.9 Å². The van der Waals surface area contributed by atoms with Crippen LogP contribution >= 0.6 is 0 Å². The van der Waals surface area contributed by atoms with Gasteiger partial charge in [-0.1, -0.05) is 64.7 Å². The first-order chi connectivity index (χ1) is 12.5. The monoisotopic (exact) mass is 364 g/mol. The number of unbranched alkanes of at least 4 members (excludes halogenated alkanes) is 8. The lowest BCUT2D eigenvalue weighted by Crippen LogP contribution is -2.30. The number of carbonyl (C=O) groups excluding carboxylic acids is 1. The average Bonchev–Trinajstić information content (AvgIpc) is 3.08. The minimum Gasteiger partial charge on any atom is -0.401 e. The topological polar surface area (TPSA) is 85.4 Å². The fourth-order valence-corrected chi connectivity index (χ4v) is 2.81. The predicted octanol–water partition coefficient (Wildman–Crippen LogP) is 5.63. The van der Waals surface area contributed by atoms with Crippen molar-refractivity contribution in [2.45, 2.75) is 84.1 Å². The molecule has 0 spiro atoms. The molecule has 1 aromatic heterocycles. The molecule has 0 aliphatic carbocycles. The molecule has 0 aromatic carbocycles. The minimum atomic E-state index is -0.606. The van der Waals surface area contributed by atoms with Crippen LogP contribution < -0.4 is 5.32 Å². The fourth-order valence-electron chi connectivity index (χ4n) is 2.81. The van der Waals surface area contributed by atoms with Gasteiger partial charge in [0, 0.05) is 12.1 Å². The summed E-state index contributed by atoms with van der Waals surface area (Å²) in [5.74, 6) is -0.255. The van der Waals surface area contributed by atoms with Gasteiger partial charge in [0.15, 0.2) is 0 Å². The number of hydrogen-bond donors (Lipinski definition) is 1. The van der Waals surface area contributed by atoms with Crippen LogP contribution in [0.4, 0.5) is 5.88 Å². The number of hydrogen-bond acceptors (Lipinski definition) is 4. The van der Waals surface area contributed by atoms with Crippen molar-refractivity contribution in [3.05, 3.63) is 34.1 Å².